The molecule has 2 saturated heterocycles. The van der Waals surface area contributed by atoms with E-state index in [1.54, 1.807) is 13.0 Å². The Kier molecular flexibility index (Phi) is 5.58. The molecule has 2 aliphatic heterocycles. The van der Waals surface area contributed by atoms with Gasteiger partial charge in [0.15, 0.2) is 0 Å². The van der Waals surface area contributed by atoms with Gasteiger partial charge >= 0.3 is 0 Å². The van der Waals surface area contributed by atoms with Crippen molar-refractivity contribution in [3.63, 3.8) is 0 Å². The van der Waals surface area contributed by atoms with Crippen LogP contribution in [-0.4, -0.2) is 54.2 Å². The van der Waals surface area contributed by atoms with Gasteiger partial charge in [-0.05, 0) is 56.2 Å². The number of aryl methyl sites for hydroxylation is 1. The van der Waals surface area contributed by atoms with Crippen LogP contribution in [0.3, 0.4) is 0 Å². The van der Waals surface area contributed by atoms with E-state index in [2.05, 4.69) is 24.9 Å². The Hall–Kier alpha value is -2.62. The van der Waals surface area contributed by atoms with Crippen LogP contribution < -0.4 is 19.8 Å². The predicted molar refractivity (Wildman–Crippen MR) is 129 cm³/mol. The Morgan fingerprint density at radius 2 is 1.79 bits per heavy atom. The number of benzene rings is 1. The summed E-state index contributed by atoms with van der Waals surface area (Å²) in [7, 11) is 0. The summed E-state index contributed by atoms with van der Waals surface area (Å²) in [6.45, 7) is 2.81. The highest BCUT2D eigenvalue weighted by molar-refractivity contribution is 7.99. The van der Waals surface area contributed by atoms with E-state index >= 15 is 0 Å². The van der Waals surface area contributed by atoms with E-state index in [1.165, 1.54) is 29.7 Å². The minimum absolute atomic E-state index is 0.210. The third-order valence-corrected chi connectivity index (χ3v) is 7.24. The number of carbonyl (C=O) groups is 1. The molecule has 2 aromatic rings. The van der Waals surface area contributed by atoms with Crippen LogP contribution in [0.4, 0.5) is 31.9 Å². The molecule has 1 aliphatic carbocycles. The molecule has 1 aromatic carbocycles. The summed E-state index contributed by atoms with van der Waals surface area (Å²) in [5.74, 6) is -2.47. The van der Waals surface area contributed by atoms with Gasteiger partial charge in [0, 0.05) is 36.8 Å². The topological polar surface area (TPSA) is 73.4 Å². The zero-order valence-electron chi connectivity index (χ0n) is 18.8. The molecular weight excluding hydrogens is 446 g/mol. The van der Waals surface area contributed by atoms with Crippen LogP contribution in [0.2, 0.25) is 0 Å². The second-order valence-corrected chi connectivity index (χ2v) is 10.00. The number of alkyl halides is 2. The molecule has 0 bridgehead atoms. The van der Waals surface area contributed by atoms with Gasteiger partial charge in [0.25, 0.3) is 11.8 Å². The van der Waals surface area contributed by atoms with Gasteiger partial charge in [0.2, 0.25) is 5.95 Å². The highest BCUT2D eigenvalue weighted by Crippen LogP contribution is 2.54. The third-order valence-electron chi connectivity index (χ3n) is 6.80. The minimum atomic E-state index is -2.72. The van der Waals surface area contributed by atoms with Crippen molar-refractivity contribution in [2.45, 2.75) is 38.5 Å². The summed E-state index contributed by atoms with van der Waals surface area (Å²) in [5, 5.41) is 2.87. The monoisotopic (exact) mass is 474 g/mol. The lowest BCUT2D eigenvalue weighted by molar-refractivity contribution is -0.0271. The summed E-state index contributed by atoms with van der Waals surface area (Å²) >= 11 is 1.51. The van der Waals surface area contributed by atoms with Crippen molar-refractivity contribution in [2.24, 2.45) is 5.41 Å². The number of nitrogens with one attached hydrogen (secondary N) is 2. The Labute approximate surface area is 196 Å². The van der Waals surface area contributed by atoms with Gasteiger partial charge < -0.3 is 19.8 Å². The highest BCUT2D eigenvalue weighted by Gasteiger charge is 2.46. The van der Waals surface area contributed by atoms with Crippen molar-refractivity contribution in [1.82, 2.24) is 9.97 Å². The highest BCUT2D eigenvalue weighted by atomic mass is 32.2. The van der Waals surface area contributed by atoms with Crippen molar-refractivity contribution in [1.29, 1.82) is 0 Å². The van der Waals surface area contributed by atoms with Crippen molar-refractivity contribution in [3.8, 4) is 0 Å². The van der Waals surface area contributed by atoms with E-state index in [0.29, 0.717) is 22.5 Å². The second-order valence-electron chi connectivity index (χ2n) is 9.39. The van der Waals surface area contributed by atoms with Gasteiger partial charge in [-0.2, -0.15) is 4.98 Å². The number of halogens is 2. The Morgan fingerprint density at radius 1 is 1.06 bits per heavy atom. The molecule has 1 aromatic heterocycles. The number of piperidine rings is 1. The summed E-state index contributed by atoms with van der Waals surface area (Å²) in [6.07, 6.45) is 6.91. The van der Waals surface area contributed by atoms with Crippen LogP contribution in [0.5, 0.6) is 0 Å². The van der Waals surface area contributed by atoms with Crippen molar-refractivity contribution in [3.05, 3.63) is 35.5 Å². The summed E-state index contributed by atoms with van der Waals surface area (Å²) < 4.78 is 29.8. The van der Waals surface area contributed by atoms with E-state index in [9.17, 15) is 13.6 Å². The zero-order chi connectivity index (χ0) is 23.2. The lowest BCUT2D eigenvalue weighted by Crippen LogP contribution is -2.57. The quantitative estimate of drug-likeness (QED) is 0.595. The zero-order valence-corrected chi connectivity index (χ0v) is 19.6. The number of hydrogen-bond acceptors (Lipinski definition) is 7. The van der Waals surface area contributed by atoms with Gasteiger partial charge in [0.1, 0.15) is 5.82 Å². The number of nitrogens with zero attached hydrogens (tertiary/aromatic N) is 4. The molecule has 1 spiro atoms. The van der Waals surface area contributed by atoms with E-state index < -0.39 is 19.0 Å². The standard InChI is InChI=1S/C23H28F2N6OS/c1-15-11-19(28-21(26-15)31-13-23(24,25)14-31)27-20(32)17-4-3-16(29-33-2)12-18(17)30-9-7-22(5-6-22)8-10-30/h3-4,11-12,29H,5-10,13-14H2,1-2H3,(H,26,27,28,32). The smallest absolute Gasteiger partial charge is 0.282 e. The van der Waals surface area contributed by atoms with Crippen molar-refractivity contribution in [2.75, 3.05) is 52.3 Å². The maximum absolute atomic E-state index is 13.3. The van der Waals surface area contributed by atoms with E-state index in [4.69, 9.17) is 0 Å². The molecule has 0 atom stereocenters. The molecule has 3 heterocycles. The number of aromatic nitrogens is 2. The lowest BCUT2D eigenvalue weighted by Gasteiger charge is -2.38. The molecule has 3 aliphatic rings. The van der Waals surface area contributed by atoms with Crippen molar-refractivity contribution >= 4 is 41.0 Å². The fourth-order valence-corrected chi connectivity index (χ4v) is 5.02. The first-order valence-corrected chi connectivity index (χ1v) is 12.5. The van der Waals surface area contributed by atoms with E-state index in [1.807, 2.05) is 24.5 Å². The van der Waals surface area contributed by atoms with Gasteiger partial charge in [-0.3, -0.25) is 4.79 Å². The fourth-order valence-electron chi connectivity index (χ4n) is 4.66. The first kappa shape index (κ1) is 22.2. The molecule has 2 N–H and O–H groups in total. The lowest BCUT2D eigenvalue weighted by atomic mass is 9.93. The minimum Gasteiger partial charge on any atom is -0.371 e. The number of amides is 1. The molecule has 1 saturated carbocycles. The Balaban J connectivity index is 1.37. The predicted octanol–water partition coefficient (Wildman–Crippen LogP) is 4.56. The molecule has 0 unspecified atom stereocenters. The summed E-state index contributed by atoms with van der Waals surface area (Å²) in [6, 6.07) is 7.39. The van der Waals surface area contributed by atoms with Gasteiger partial charge in [0.05, 0.1) is 24.3 Å². The van der Waals surface area contributed by atoms with E-state index in [0.717, 1.165) is 37.3 Å². The number of carbonyl (C=O) groups excluding carboxylic acids is 1. The first-order valence-electron chi connectivity index (χ1n) is 11.2. The van der Waals surface area contributed by atoms with Crippen LogP contribution in [0.1, 0.15) is 41.7 Å². The van der Waals surface area contributed by atoms with Gasteiger partial charge in [-0.15, -0.1) is 0 Å². The molecule has 7 nitrogen and oxygen atoms in total. The molecule has 176 valence electrons. The first-order chi connectivity index (χ1) is 15.8. The summed E-state index contributed by atoms with van der Waals surface area (Å²) in [5.41, 5.74) is 3.56. The van der Waals surface area contributed by atoms with Crippen molar-refractivity contribution < 1.29 is 13.6 Å². The maximum atomic E-state index is 13.3. The molecule has 1 amide bonds. The Bertz CT molecular complexity index is 1060. The van der Waals surface area contributed by atoms with Gasteiger partial charge in [-0.25, -0.2) is 13.8 Å². The SMILES string of the molecule is CSNc1ccc(C(=O)Nc2cc(C)nc(N3CC(F)(F)C3)n2)c(N2CCC3(CC2)CC3)c1. The molecule has 0 radical (unpaired) electrons. The van der Waals surface area contributed by atoms with Crippen LogP contribution >= 0.6 is 11.9 Å². The average molecular weight is 475 g/mol. The summed E-state index contributed by atoms with van der Waals surface area (Å²) in [4.78, 5) is 25.6. The largest absolute Gasteiger partial charge is 0.371 e. The maximum Gasteiger partial charge on any atom is 0.282 e. The number of hydrogen-bond donors (Lipinski definition) is 2. The molecule has 5 rings (SSSR count). The van der Waals surface area contributed by atoms with Crippen LogP contribution in [-0.2, 0) is 0 Å². The fraction of sp³-hybridized carbons (Fsp3) is 0.522. The van der Waals surface area contributed by atoms with Crippen LogP contribution in [0.15, 0.2) is 24.3 Å². The van der Waals surface area contributed by atoms with E-state index in [-0.39, 0.29) is 11.9 Å². The average Bonchev–Trinajstić information content (AvgIpc) is 3.51. The normalized spacial score (nSPS) is 20.4. The Morgan fingerprint density at radius 3 is 2.42 bits per heavy atom. The second kappa shape index (κ2) is 8.30. The van der Waals surface area contributed by atoms with Crippen LogP contribution in [0.25, 0.3) is 0 Å². The number of rotatable bonds is 6. The molecular formula is C23H28F2N6OS. The van der Waals surface area contributed by atoms with Crippen LogP contribution in [0, 0.1) is 12.3 Å². The van der Waals surface area contributed by atoms with Gasteiger partial charge in [-0.1, -0.05) is 11.9 Å². The molecule has 10 heteroatoms. The molecule has 33 heavy (non-hydrogen) atoms. The number of anilines is 4. The third kappa shape index (κ3) is 4.71. The molecule has 3 fully saturated rings.